The predicted octanol–water partition coefficient (Wildman–Crippen LogP) is 5.73. The van der Waals surface area contributed by atoms with Crippen LogP contribution < -0.4 is 0 Å². The molecule has 0 aromatic heterocycles. The molecule has 0 spiro atoms. The lowest BCUT2D eigenvalue weighted by atomic mass is 9.44. The molecule has 0 saturated heterocycles. The average molecular weight is 293 g/mol. The Bertz CT molecular complexity index is 408. The number of allylic oxidation sites excluding steroid dienone is 2. The van der Waals surface area contributed by atoms with E-state index in [1.807, 2.05) is 0 Å². The Morgan fingerprint density at radius 1 is 1.19 bits per heavy atom. The van der Waals surface area contributed by atoms with Gasteiger partial charge in [-0.2, -0.15) is 0 Å². The normalized spacial score (nSPS) is 43.5. The van der Waals surface area contributed by atoms with Crippen LogP contribution in [0.1, 0.15) is 86.5 Å². The minimum Gasteiger partial charge on any atom is -0.389 e. The molecule has 2 rings (SSSR count). The zero-order chi connectivity index (χ0) is 15.9. The second kappa shape index (κ2) is 5.72. The van der Waals surface area contributed by atoms with E-state index in [2.05, 4.69) is 47.6 Å². The smallest absolute Gasteiger partial charge is 0.0732 e. The van der Waals surface area contributed by atoms with Crippen LogP contribution in [0.5, 0.6) is 0 Å². The highest BCUT2D eigenvalue weighted by Crippen LogP contribution is 2.63. The Balaban J connectivity index is 2.32. The van der Waals surface area contributed by atoms with Crippen molar-refractivity contribution in [1.29, 1.82) is 0 Å². The van der Waals surface area contributed by atoms with Crippen LogP contribution >= 0.6 is 0 Å². The molecule has 4 atom stereocenters. The van der Waals surface area contributed by atoms with Crippen molar-refractivity contribution < 1.29 is 5.11 Å². The van der Waals surface area contributed by atoms with E-state index in [1.165, 1.54) is 37.7 Å². The number of hydrogen-bond donors (Lipinski definition) is 1. The molecule has 2 unspecified atom stereocenters. The van der Waals surface area contributed by atoms with Gasteiger partial charge in [0.2, 0.25) is 0 Å². The molecule has 0 bridgehead atoms. The maximum Gasteiger partial charge on any atom is 0.0732 e. The van der Waals surface area contributed by atoms with Crippen molar-refractivity contribution in [2.24, 2.45) is 22.7 Å². The molecule has 1 heteroatoms. The predicted molar refractivity (Wildman–Crippen MR) is 91.2 cm³/mol. The van der Waals surface area contributed by atoms with Crippen molar-refractivity contribution in [2.45, 2.75) is 92.1 Å². The van der Waals surface area contributed by atoms with Crippen LogP contribution in [-0.2, 0) is 0 Å². The summed E-state index contributed by atoms with van der Waals surface area (Å²) in [6, 6.07) is 0. The van der Waals surface area contributed by atoms with Gasteiger partial charge in [-0.1, -0.05) is 45.8 Å². The van der Waals surface area contributed by atoms with Crippen molar-refractivity contribution in [2.75, 3.05) is 0 Å². The first kappa shape index (κ1) is 17.1. The second-order valence-corrected chi connectivity index (χ2v) is 8.85. The van der Waals surface area contributed by atoms with Crippen molar-refractivity contribution >= 4 is 0 Å². The molecule has 0 aliphatic heterocycles. The lowest BCUT2D eigenvalue weighted by molar-refractivity contribution is -0.211. The van der Waals surface area contributed by atoms with Gasteiger partial charge in [0.1, 0.15) is 0 Å². The molecule has 2 fully saturated rings. The molecule has 2 aliphatic carbocycles. The molecular weight excluding hydrogens is 256 g/mol. The fourth-order valence-electron chi connectivity index (χ4n) is 5.63. The molecule has 122 valence electrons. The summed E-state index contributed by atoms with van der Waals surface area (Å²) in [4.78, 5) is 0. The third-order valence-electron chi connectivity index (χ3n) is 7.32. The minimum atomic E-state index is -0.488. The topological polar surface area (TPSA) is 20.2 Å². The van der Waals surface area contributed by atoms with E-state index in [-0.39, 0.29) is 5.41 Å². The van der Waals surface area contributed by atoms with E-state index < -0.39 is 5.60 Å². The van der Waals surface area contributed by atoms with E-state index >= 15 is 0 Å². The Morgan fingerprint density at radius 3 is 2.48 bits per heavy atom. The average Bonchev–Trinajstić information content (AvgIpc) is 2.41. The van der Waals surface area contributed by atoms with Gasteiger partial charge in [-0.05, 0) is 75.0 Å². The molecule has 0 radical (unpaired) electrons. The Labute approximate surface area is 132 Å². The van der Waals surface area contributed by atoms with Crippen LogP contribution in [0.2, 0.25) is 0 Å². The first-order chi connectivity index (χ1) is 9.67. The van der Waals surface area contributed by atoms with E-state index in [1.54, 1.807) is 0 Å². The fraction of sp³-hybridized carbons (Fsp3) is 0.900. The lowest BCUT2D eigenvalue weighted by Gasteiger charge is -2.63. The summed E-state index contributed by atoms with van der Waals surface area (Å²) in [5.41, 5.74) is 1.41. The molecule has 0 amide bonds. The molecule has 1 N–H and O–H groups in total. The van der Waals surface area contributed by atoms with Gasteiger partial charge < -0.3 is 5.11 Å². The highest BCUT2D eigenvalue weighted by molar-refractivity contribution is 5.12. The zero-order valence-electron chi connectivity index (χ0n) is 15.1. The Kier molecular flexibility index (Phi) is 4.65. The van der Waals surface area contributed by atoms with Gasteiger partial charge in [0.15, 0.2) is 0 Å². The van der Waals surface area contributed by atoms with Gasteiger partial charge in [-0.15, -0.1) is 0 Å². The SMILES string of the molecule is C/C=C(/C)CC[C@@]1(O)C(C)CCC2C(C)(C)CCC[C@@]21C. The number of aliphatic hydroxyl groups is 1. The summed E-state index contributed by atoms with van der Waals surface area (Å²) >= 11 is 0. The second-order valence-electron chi connectivity index (χ2n) is 8.85. The fourth-order valence-corrected chi connectivity index (χ4v) is 5.63. The van der Waals surface area contributed by atoms with Crippen molar-refractivity contribution in [1.82, 2.24) is 0 Å². The highest BCUT2D eigenvalue weighted by atomic mass is 16.3. The van der Waals surface area contributed by atoms with Crippen LogP contribution in [0.4, 0.5) is 0 Å². The van der Waals surface area contributed by atoms with E-state index in [0.717, 1.165) is 12.8 Å². The van der Waals surface area contributed by atoms with Gasteiger partial charge in [0.25, 0.3) is 0 Å². The monoisotopic (exact) mass is 292 g/mol. The maximum absolute atomic E-state index is 11.7. The maximum atomic E-state index is 11.7. The van der Waals surface area contributed by atoms with Gasteiger partial charge >= 0.3 is 0 Å². The van der Waals surface area contributed by atoms with Crippen LogP contribution in [0.25, 0.3) is 0 Å². The molecule has 2 aliphatic rings. The molecular formula is C20H36O. The summed E-state index contributed by atoms with van der Waals surface area (Å²) in [6.07, 6.45) is 10.5. The third-order valence-corrected chi connectivity index (χ3v) is 7.32. The van der Waals surface area contributed by atoms with Gasteiger partial charge in [0.05, 0.1) is 5.60 Å². The molecule has 0 aromatic carbocycles. The first-order valence-electron chi connectivity index (χ1n) is 9.01. The lowest BCUT2D eigenvalue weighted by Crippen LogP contribution is -2.62. The number of hydrogen-bond acceptors (Lipinski definition) is 1. The zero-order valence-corrected chi connectivity index (χ0v) is 15.1. The quantitative estimate of drug-likeness (QED) is 0.659. The number of fused-ring (bicyclic) bond motifs is 1. The van der Waals surface area contributed by atoms with Crippen LogP contribution in [0.15, 0.2) is 11.6 Å². The van der Waals surface area contributed by atoms with Crippen molar-refractivity contribution in [3.63, 3.8) is 0 Å². The standard InChI is InChI=1S/C20H36O/c1-7-15(2)11-14-20(21)16(3)9-10-17-18(4,5)12-8-13-19(17,20)6/h7,16-17,21H,8-14H2,1-6H3/b15-7-/t16?,17?,19-,20+/m0/s1. The Morgan fingerprint density at radius 2 is 1.86 bits per heavy atom. The largest absolute Gasteiger partial charge is 0.389 e. The minimum absolute atomic E-state index is 0.0977. The summed E-state index contributed by atoms with van der Waals surface area (Å²) in [7, 11) is 0. The molecule has 1 nitrogen and oxygen atoms in total. The van der Waals surface area contributed by atoms with Gasteiger partial charge in [0, 0.05) is 0 Å². The summed E-state index contributed by atoms with van der Waals surface area (Å²) in [6.45, 7) is 13.9. The molecule has 21 heavy (non-hydrogen) atoms. The van der Waals surface area contributed by atoms with Crippen LogP contribution in [0, 0.1) is 22.7 Å². The van der Waals surface area contributed by atoms with Crippen molar-refractivity contribution in [3.05, 3.63) is 11.6 Å². The first-order valence-corrected chi connectivity index (χ1v) is 9.01. The van der Waals surface area contributed by atoms with Crippen LogP contribution in [-0.4, -0.2) is 10.7 Å². The molecule has 2 saturated carbocycles. The van der Waals surface area contributed by atoms with Crippen LogP contribution in [0.3, 0.4) is 0 Å². The summed E-state index contributed by atoms with van der Waals surface area (Å²) in [5, 5.41) is 11.7. The third kappa shape index (κ3) is 2.71. The summed E-state index contributed by atoms with van der Waals surface area (Å²) < 4.78 is 0. The Hall–Kier alpha value is -0.300. The van der Waals surface area contributed by atoms with E-state index in [9.17, 15) is 5.11 Å². The molecule has 0 heterocycles. The summed E-state index contributed by atoms with van der Waals surface area (Å²) in [5.74, 6) is 1.10. The van der Waals surface area contributed by atoms with Gasteiger partial charge in [-0.3, -0.25) is 0 Å². The molecule has 0 aromatic rings. The van der Waals surface area contributed by atoms with Gasteiger partial charge in [-0.25, -0.2) is 0 Å². The van der Waals surface area contributed by atoms with E-state index in [0.29, 0.717) is 17.3 Å². The highest BCUT2D eigenvalue weighted by Gasteiger charge is 2.60. The van der Waals surface area contributed by atoms with Crippen molar-refractivity contribution in [3.8, 4) is 0 Å². The number of rotatable bonds is 3. The van der Waals surface area contributed by atoms with E-state index in [4.69, 9.17) is 0 Å².